The number of carbonyl (C=O) groups is 2. The Kier molecular flexibility index (Phi) is 5.04. The Labute approximate surface area is 164 Å². The van der Waals surface area contributed by atoms with Crippen molar-refractivity contribution in [3.8, 4) is 0 Å². The van der Waals surface area contributed by atoms with E-state index in [0.29, 0.717) is 16.5 Å². The quantitative estimate of drug-likeness (QED) is 0.772. The fourth-order valence-electron chi connectivity index (χ4n) is 4.42. The smallest absolute Gasteiger partial charge is 0.251 e. The van der Waals surface area contributed by atoms with Crippen molar-refractivity contribution >= 4 is 28.2 Å². The second kappa shape index (κ2) is 7.47. The van der Waals surface area contributed by atoms with Crippen LogP contribution >= 0.6 is 11.3 Å². The van der Waals surface area contributed by atoms with Gasteiger partial charge in [-0.3, -0.25) is 9.59 Å². The molecule has 1 heterocycles. The van der Waals surface area contributed by atoms with Crippen LogP contribution in [0.15, 0.2) is 30.3 Å². The Morgan fingerprint density at radius 2 is 2.04 bits per heavy atom. The van der Waals surface area contributed by atoms with Gasteiger partial charge in [0.05, 0.1) is 5.56 Å². The topological polar surface area (TPSA) is 72.2 Å². The van der Waals surface area contributed by atoms with Crippen LogP contribution in [0.2, 0.25) is 0 Å². The van der Waals surface area contributed by atoms with Gasteiger partial charge < -0.3 is 11.1 Å². The summed E-state index contributed by atoms with van der Waals surface area (Å²) < 4.78 is 0. The summed E-state index contributed by atoms with van der Waals surface area (Å²) in [6.45, 7) is 2.21. The molecular weight excluding hydrogens is 356 g/mol. The number of primary amides is 1. The SMILES string of the molecule is CCC[C@@H]1CCc2c(sc(NC(=O)[C@@H]3C[C@@H]3c3ccccc3)c2C(N)=O)C1. The summed E-state index contributed by atoms with van der Waals surface area (Å²) >= 11 is 1.56. The Morgan fingerprint density at radius 1 is 1.26 bits per heavy atom. The highest BCUT2D eigenvalue weighted by atomic mass is 32.1. The lowest BCUT2D eigenvalue weighted by Crippen LogP contribution is -2.20. The molecule has 5 heteroatoms. The lowest BCUT2D eigenvalue weighted by Gasteiger charge is -2.21. The molecule has 0 unspecified atom stereocenters. The van der Waals surface area contributed by atoms with Gasteiger partial charge in [0, 0.05) is 10.8 Å². The Bertz CT molecular complexity index is 859. The molecule has 4 rings (SSSR count). The standard InChI is InChI=1S/C22H26N2O2S/c1-2-6-13-9-10-15-18(11-13)27-22(19(15)20(23)25)24-21(26)17-12-16(17)14-7-4-3-5-8-14/h3-5,7-8,13,16-17H,2,6,9-12H2,1H3,(H2,23,25)(H,24,26)/t13-,16-,17-/m1/s1. The van der Waals surface area contributed by atoms with E-state index in [2.05, 4.69) is 24.4 Å². The summed E-state index contributed by atoms with van der Waals surface area (Å²) in [6, 6.07) is 10.2. The fraction of sp³-hybridized carbons (Fsp3) is 0.455. The zero-order valence-corrected chi connectivity index (χ0v) is 16.5. The number of nitrogens with two attached hydrogens (primary N) is 1. The number of rotatable bonds is 6. The molecule has 2 aliphatic carbocycles. The molecule has 3 atom stereocenters. The van der Waals surface area contributed by atoms with Crippen LogP contribution < -0.4 is 11.1 Å². The molecule has 2 aliphatic rings. The van der Waals surface area contributed by atoms with E-state index in [0.717, 1.165) is 31.2 Å². The molecule has 27 heavy (non-hydrogen) atoms. The monoisotopic (exact) mass is 382 g/mol. The van der Waals surface area contributed by atoms with E-state index >= 15 is 0 Å². The third-order valence-corrected chi connectivity index (χ3v) is 7.07. The van der Waals surface area contributed by atoms with Crippen molar-refractivity contribution in [1.82, 2.24) is 0 Å². The average molecular weight is 383 g/mol. The molecule has 4 nitrogen and oxygen atoms in total. The molecule has 1 fully saturated rings. The van der Waals surface area contributed by atoms with Crippen molar-refractivity contribution in [2.45, 2.75) is 51.4 Å². The molecule has 1 aromatic carbocycles. The second-order valence-corrected chi connectivity index (χ2v) is 8.92. The molecule has 0 spiro atoms. The lowest BCUT2D eigenvalue weighted by atomic mass is 9.84. The Morgan fingerprint density at radius 3 is 2.74 bits per heavy atom. The third-order valence-electron chi connectivity index (χ3n) is 5.90. The van der Waals surface area contributed by atoms with Crippen molar-refractivity contribution in [3.05, 3.63) is 51.9 Å². The van der Waals surface area contributed by atoms with E-state index in [1.165, 1.54) is 23.3 Å². The van der Waals surface area contributed by atoms with E-state index in [1.807, 2.05) is 18.2 Å². The highest BCUT2D eigenvalue weighted by Gasteiger charge is 2.44. The zero-order valence-electron chi connectivity index (χ0n) is 15.7. The van der Waals surface area contributed by atoms with Gasteiger partial charge in [-0.1, -0.05) is 50.1 Å². The first kappa shape index (κ1) is 18.2. The van der Waals surface area contributed by atoms with Crippen molar-refractivity contribution in [3.63, 3.8) is 0 Å². The summed E-state index contributed by atoms with van der Waals surface area (Å²) in [4.78, 5) is 26.1. The van der Waals surface area contributed by atoms with Gasteiger partial charge in [-0.15, -0.1) is 11.3 Å². The van der Waals surface area contributed by atoms with Crippen molar-refractivity contribution in [2.24, 2.45) is 17.6 Å². The normalized spacial score (nSPS) is 23.5. The number of hydrogen-bond acceptors (Lipinski definition) is 3. The van der Waals surface area contributed by atoms with Gasteiger partial charge in [0.15, 0.2) is 0 Å². The van der Waals surface area contributed by atoms with Gasteiger partial charge in [0.25, 0.3) is 5.91 Å². The highest BCUT2D eigenvalue weighted by Crippen LogP contribution is 2.48. The van der Waals surface area contributed by atoms with E-state index in [1.54, 1.807) is 11.3 Å². The fourth-order valence-corrected chi connectivity index (χ4v) is 5.79. The number of benzene rings is 1. The molecule has 142 valence electrons. The molecule has 0 saturated heterocycles. The van der Waals surface area contributed by atoms with Crippen molar-refractivity contribution in [1.29, 1.82) is 0 Å². The molecule has 1 saturated carbocycles. The van der Waals surface area contributed by atoms with Gasteiger partial charge in [0.2, 0.25) is 5.91 Å². The second-order valence-electron chi connectivity index (χ2n) is 7.82. The van der Waals surface area contributed by atoms with Gasteiger partial charge >= 0.3 is 0 Å². The van der Waals surface area contributed by atoms with Crippen LogP contribution in [0.1, 0.15) is 64.9 Å². The minimum absolute atomic E-state index is 0.00931. The first-order valence-electron chi connectivity index (χ1n) is 9.88. The lowest BCUT2D eigenvalue weighted by molar-refractivity contribution is -0.117. The summed E-state index contributed by atoms with van der Waals surface area (Å²) in [5.41, 5.74) is 8.51. The van der Waals surface area contributed by atoms with E-state index in [-0.39, 0.29) is 17.7 Å². The molecular formula is C22H26N2O2S. The van der Waals surface area contributed by atoms with Crippen LogP contribution in [0.4, 0.5) is 5.00 Å². The summed E-state index contributed by atoms with van der Waals surface area (Å²) in [5, 5.41) is 3.70. The molecule has 0 bridgehead atoms. The number of thiophene rings is 1. The summed E-state index contributed by atoms with van der Waals surface area (Å²) in [5.74, 6) is 0.533. The first-order chi connectivity index (χ1) is 13.1. The van der Waals surface area contributed by atoms with Crippen molar-refractivity contribution in [2.75, 3.05) is 5.32 Å². The number of fused-ring (bicyclic) bond motifs is 1. The predicted molar refractivity (Wildman–Crippen MR) is 109 cm³/mol. The summed E-state index contributed by atoms with van der Waals surface area (Å²) in [6.07, 6.45) is 6.25. The van der Waals surface area contributed by atoms with Crippen LogP contribution in [-0.4, -0.2) is 11.8 Å². The molecule has 2 amide bonds. The number of anilines is 1. The van der Waals surface area contributed by atoms with Gasteiger partial charge in [-0.25, -0.2) is 0 Å². The maximum atomic E-state index is 12.8. The maximum absolute atomic E-state index is 12.8. The van der Waals surface area contributed by atoms with Crippen LogP contribution in [-0.2, 0) is 17.6 Å². The number of amides is 2. The van der Waals surface area contributed by atoms with Crippen LogP contribution in [0.3, 0.4) is 0 Å². The maximum Gasteiger partial charge on any atom is 0.251 e. The first-order valence-corrected chi connectivity index (χ1v) is 10.7. The zero-order chi connectivity index (χ0) is 19.0. The third kappa shape index (κ3) is 3.65. The largest absolute Gasteiger partial charge is 0.365 e. The van der Waals surface area contributed by atoms with Gasteiger partial charge in [0.1, 0.15) is 5.00 Å². The van der Waals surface area contributed by atoms with E-state index < -0.39 is 5.91 Å². The van der Waals surface area contributed by atoms with Crippen LogP contribution in [0.5, 0.6) is 0 Å². The molecule has 0 aliphatic heterocycles. The van der Waals surface area contributed by atoms with Gasteiger partial charge in [-0.2, -0.15) is 0 Å². The molecule has 2 aromatic rings. The van der Waals surface area contributed by atoms with Gasteiger partial charge in [-0.05, 0) is 48.6 Å². The number of hydrogen-bond donors (Lipinski definition) is 2. The predicted octanol–water partition coefficient (Wildman–Crippen LogP) is 4.49. The average Bonchev–Trinajstić information content (AvgIpc) is 3.38. The Hall–Kier alpha value is -2.14. The van der Waals surface area contributed by atoms with E-state index in [4.69, 9.17) is 5.73 Å². The molecule has 3 N–H and O–H groups in total. The highest BCUT2D eigenvalue weighted by molar-refractivity contribution is 7.17. The van der Waals surface area contributed by atoms with E-state index in [9.17, 15) is 9.59 Å². The van der Waals surface area contributed by atoms with Crippen LogP contribution in [0.25, 0.3) is 0 Å². The Balaban J connectivity index is 1.51. The number of nitrogens with one attached hydrogen (secondary N) is 1. The molecule has 1 aromatic heterocycles. The minimum Gasteiger partial charge on any atom is -0.365 e. The van der Waals surface area contributed by atoms with Crippen molar-refractivity contribution < 1.29 is 9.59 Å². The number of carbonyl (C=O) groups excluding carboxylic acids is 2. The minimum atomic E-state index is -0.424. The summed E-state index contributed by atoms with van der Waals surface area (Å²) in [7, 11) is 0. The van der Waals surface area contributed by atoms with Crippen LogP contribution in [0, 0.1) is 11.8 Å². The molecule has 0 radical (unpaired) electrons.